The predicted molar refractivity (Wildman–Crippen MR) is 112 cm³/mol. The molecule has 3 aromatic rings. The van der Waals surface area contributed by atoms with Crippen molar-refractivity contribution in [3.05, 3.63) is 46.4 Å². The molecule has 0 aliphatic heterocycles. The number of amides is 1. The number of fused-ring (bicyclic) bond motifs is 3. The fourth-order valence-corrected chi connectivity index (χ4v) is 4.12. The van der Waals surface area contributed by atoms with Gasteiger partial charge >= 0.3 is 0 Å². The van der Waals surface area contributed by atoms with Crippen molar-refractivity contribution in [2.45, 2.75) is 39.7 Å². The van der Waals surface area contributed by atoms with Gasteiger partial charge in [-0.3, -0.25) is 14.3 Å². The van der Waals surface area contributed by atoms with Crippen LogP contribution in [0.5, 0.6) is 0 Å². The van der Waals surface area contributed by atoms with Crippen LogP contribution in [0, 0.1) is 6.92 Å². The highest BCUT2D eigenvalue weighted by Gasteiger charge is 2.21. The van der Waals surface area contributed by atoms with Crippen LogP contribution < -0.4 is 10.9 Å². The number of aromatic nitrogens is 3. The van der Waals surface area contributed by atoms with Crippen molar-refractivity contribution in [1.82, 2.24) is 19.5 Å². The number of aryl methyl sites for hydroxylation is 1. The van der Waals surface area contributed by atoms with Crippen molar-refractivity contribution < 1.29 is 4.79 Å². The summed E-state index contributed by atoms with van der Waals surface area (Å²) in [7, 11) is 0. The Morgan fingerprint density at radius 1 is 1.30 bits per heavy atom. The number of carbonyl (C=O) groups excluding carboxylic acids is 1. The monoisotopic (exact) mass is 386 g/mol. The van der Waals surface area contributed by atoms with E-state index >= 15 is 0 Å². The van der Waals surface area contributed by atoms with Gasteiger partial charge in [0.25, 0.3) is 5.56 Å². The SMILES string of the molecule is CCCSCCCNC(=O)C(C)n1c2ccccc2c2nc(=O)cc(C)n21. The van der Waals surface area contributed by atoms with Gasteiger partial charge in [-0.25, -0.2) is 4.52 Å². The van der Waals surface area contributed by atoms with Gasteiger partial charge in [0, 0.05) is 23.7 Å². The molecule has 1 amide bonds. The number of para-hydroxylation sites is 1. The lowest BCUT2D eigenvalue weighted by molar-refractivity contribution is -0.124. The molecule has 7 heteroatoms. The normalized spacial score (nSPS) is 12.6. The maximum atomic E-state index is 12.8. The predicted octanol–water partition coefficient (Wildman–Crippen LogP) is 3.17. The van der Waals surface area contributed by atoms with E-state index in [-0.39, 0.29) is 11.5 Å². The van der Waals surface area contributed by atoms with Crippen LogP contribution in [0.1, 0.15) is 38.4 Å². The van der Waals surface area contributed by atoms with Crippen molar-refractivity contribution in [1.29, 1.82) is 0 Å². The van der Waals surface area contributed by atoms with Crippen molar-refractivity contribution >= 4 is 34.2 Å². The van der Waals surface area contributed by atoms with Crippen LogP contribution in [0.15, 0.2) is 35.1 Å². The Morgan fingerprint density at radius 3 is 2.85 bits per heavy atom. The summed E-state index contributed by atoms with van der Waals surface area (Å²) in [6, 6.07) is 8.82. The van der Waals surface area contributed by atoms with Crippen LogP contribution in [-0.2, 0) is 4.79 Å². The molecule has 0 aliphatic carbocycles. The number of hydrogen-bond acceptors (Lipinski definition) is 4. The van der Waals surface area contributed by atoms with Crippen LogP contribution in [-0.4, -0.2) is 38.1 Å². The fraction of sp³-hybridized carbons (Fsp3) is 0.450. The Morgan fingerprint density at radius 2 is 2.07 bits per heavy atom. The molecule has 0 aliphatic rings. The van der Waals surface area contributed by atoms with E-state index in [1.165, 1.54) is 12.5 Å². The fourth-order valence-electron chi connectivity index (χ4n) is 3.28. The molecule has 0 radical (unpaired) electrons. The summed E-state index contributed by atoms with van der Waals surface area (Å²) >= 11 is 1.92. The van der Waals surface area contributed by atoms with Gasteiger partial charge in [0.1, 0.15) is 6.04 Å². The Balaban J connectivity index is 1.88. The summed E-state index contributed by atoms with van der Waals surface area (Å²) in [5.41, 5.74) is 1.97. The van der Waals surface area contributed by atoms with Crippen molar-refractivity contribution in [3.8, 4) is 0 Å². The van der Waals surface area contributed by atoms with E-state index in [2.05, 4.69) is 17.2 Å². The summed E-state index contributed by atoms with van der Waals surface area (Å²) in [6.45, 7) is 6.59. The Kier molecular flexibility index (Phi) is 6.21. The third-order valence-electron chi connectivity index (χ3n) is 4.55. The van der Waals surface area contributed by atoms with Crippen LogP contribution in [0.4, 0.5) is 0 Å². The minimum Gasteiger partial charge on any atom is -0.354 e. The van der Waals surface area contributed by atoms with Crippen LogP contribution in [0.25, 0.3) is 16.6 Å². The van der Waals surface area contributed by atoms with E-state index < -0.39 is 6.04 Å². The maximum Gasteiger partial charge on any atom is 0.273 e. The Labute approximate surface area is 162 Å². The molecule has 144 valence electrons. The van der Waals surface area contributed by atoms with E-state index in [0.29, 0.717) is 12.2 Å². The first-order valence-corrected chi connectivity index (χ1v) is 10.5. The highest BCUT2D eigenvalue weighted by Crippen LogP contribution is 2.24. The van der Waals surface area contributed by atoms with E-state index in [1.807, 2.05) is 59.1 Å². The van der Waals surface area contributed by atoms with Gasteiger partial charge in [0.15, 0.2) is 5.65 Å². The van der Waals surface area contributed by atoms with Gasteiger partial charge in [-0.1, -0.05) is 19.1 Å². The van der Waals surface area contributed by atoms with E-state index in [9.17, 15) is 9.59 Å². The molecule has 2 aromatic heterocycles. The molecular weight excluding hydrogens is 360 g/mol. The summed E-state index contributed by atoms with van der Waals surface area (Å²) in [6.07, 6.45) is 2.14. The Bertz CT molecular complexity index is 1010. The minimum atomic E-state index is -0.418. The molecule has 0 spiro atoms. The number of nitrogens with one attached hydrogen (secondary N) is 1. The molecule has 1 atom stereocenters. The van der Waals surface area contributed by atoms with Gasteiger partial charge in [-0.2, -0.15) is 16.7 Å². The lowest BCUT2D eigenvalue weighted by Gasteiger charge is -2.18. The Hall–Kier alpha value is -2.28. The molecule has 1 unspecified atom stereocenters. The van der Waals surface area contributed by atoms with Crippen molar-refractivity contribution in [2.24, 2.45) is 0 Å². The zero-order valence-corrected chi connectivity index (χ0v) is 16.9. The molecule has 0 saturated carbocycles. The highest BCUT2D eigenvalue weighted by molar-refractivity contribution is 7.99. The standard InChI is InChI=1S/C20H26N4O2S/c1-4-11-27-12-7-10-21-20(26)15(3)24-17-9-6-5-8-16(17)19-22-18(25)13-14(2)23(19)24/h5-6,8-9,13,15H,4,7,10-12H2,1-3H3,(H,21,26). The van der Waals surface area contributed by atoms with E-state index in [1.54, 1.807) is 0 Å². The number of nitrogens with zero attached hydrogens (tertiary/aromatic N) is 3. The second-order valence-corrected chi connectivity index (χ2v) is 7.89. The third kappa shape index (κ3) is 4.03. The third-order valence-corrected chi connectivity index (χ3v) is 5.82. The van der Waals surface area contributed by atoms with E-state index in [4.69, 9.17) is 0 Å². The molecule has 3 rings (SSSR count). The van der Waals surface area contributed by atoms with Gasteiger partial charge in [0.05, 0.1) is 5.52 Å². The van der Waals surface area contributed by atoms with Crippen LogP contribution in [0.3, 0.4) is 0 Å². The zero-order chi connectivity index (χ0) is 19.4. The largest absolute Gasteiger partial charge is 0.354 e. The lowest BCUT2D eigenvalue weighted by Crippen LogP contribution is -2.33. The highest BCUT2D eigenvalue weighted by atomic mass is 32.2. The first-order valence-electron chi connectivity index (χ1n) is 9.39. The number of rotatable bonds is 8. The van der Waals surface area contributed by atoms with Gasteiger partial charge in [-0.05, 0) is 50.3 Å². The summed E-state index contributed by atoms with van der Waals surface area (Å²) in [5, 5.41) is 3.91. The second kappa shape index (κ2) is 8.61. The average Bonchev–Trinajstić information content (AvgIpc) is 2.98. The summed E-state index contributed by atoms with van der Waals surface area (Å²) < 4.78 is 3.79. The molecule has 0 bridgehead atoms. The average molecular weight is 387 g/mol. The number of thioether (sulfide) groups is 1. The molecule has 27 heavy (non-hydrogen) atoms. The topological polar surface area (TPSA) is 68.4 Å². The van der Waals surface area contributed by atoms with Gasteiger partial charge < -0.3 is 5.32 Å². The molecular formula is C20H26N4O2S. The molecule has 1 aromatic carbocycles. The first kappa shape index (κ1) is 19.5. The smallest absolute Gasteiger partial charge is 0.273 e. The molecule has 0 fully saturated rings. The van der Waals surface area contributed by atoms with Gasteiger partial charge in [0.2, 0.25) is 5.91 Å². The minimum absolute atomic E-state index is 0.0313. The number of hydrogen-bond donors (Lipinski definition) is 1. The lowest BCUT2D eigenvalue weighted by atomic mass is 10.2. The summed E-state index contributed by atoms with van der Waals surface area (Å²) in [5.74, 6) is 2.19. The van der Waals surface area contributed by atoms with Crippen molar-refractivity contribution in [2.75, 3.05) is 18.1 Å². The zero-order valence-electron chi connectivity index (χ0n) is 16.1. The van der Waals surface area contributed by atoms with Crippen LogP contribution >= 0.6 is 11.8 Å². The molecule has 2 heterocycles. The maximum absolute atomic E-state index is 12.8. The van der Waals surface area contributed by atoms with E-state index in [0.717, 1.165) is 34.5 Å². The van der Waals surface area contributed by atoms with Crippen molar-refractivity contribution in [3.63, 3.8) is 0 Å². The second-order valence-electron chi connectivity index (χ2n) is 6.67. The van der Waals surface area contributed by atoms with Crippen LogP contribution in [0.2, 0.25) is 0 Å². The summed E-state index contributed by atoms with van der Waals surface area (Å²) in [4.78, 5) is 28.8. The molecule has 6 nitrogen and oxygen atoms in total. The van der Waals surface area contributed by atoms with Gasteiger partial charge in [-0.15, -0.1) is 0 Å². The quantitative estimate of drug-likeness (QED) is 0.604. The first-order chi connectivity index (χ1) is 13.0. The number of carbonyl (C=O) groups is 1. The molecule has 0 saturated heterocycles. The number of benzene rings is 1. The molecule has 1 N–H and O–H groups in total.